The summed E-state index contributed by atoms with van der Waals surface area (Å²) < 4.78 is 6.16. The van der Waals surface area contributed by atoms with E-state index in [0.717, 1.165) is 0 Å². The first kappa shape index (κ1) is 11.0. The summed E-state index contributed by atoms with van der Waals surface area (Å²) in [4.78, 5) is 11.4. The molecule has 0 fully saturated rings. The number of nitriles is 1. The van der Waals surface area contributed by atoms with Gasteiger partial charge < -0.3 is 10.5 Å². The summed E-state index contributed by atoms with van der Waals surface area (Å²) in [5.74, 6) is -0.420. The molecule has 1 rings (SSSR count). The number of nitrogens with zero attached hydrogens (tertiary/aromatic N) is 3. The minimum atomic E-state index is -0.618. The molecule has 0 radical (unpaired) electrons. The summed E-state index contributed by atoms with van der Waals surface area (Å²) in [7, 11) is 0. The molecule has 1 aromatic rings. The van der Waals surface area contributed by atoms with Crippen LogP contribution in [-0.4, -0.2) is 22.4 Å². The minimum absolute atomic E-state index is 0.0151. The molecule has 0 spiro atoms. The Hall–Kier alpha value is -2.03. The molecule has 0 aromatic carbocycles. The van der Waals surface area contributed by atoms with Crippen LogP contribution in [0, 0.1) is 11.3 Å². The van der Waals surface area contributed by atoms with E-state index in [0.29, 0.717) is 6.54 Å². The molecule has 0 aliphatic heterocycles. The smallest absolute Gasteiger partial charge is 0.360 e. The number of ether oxygens (including phenoxy) is 1. The van der Waals surface area contributed by atoms with Crippen LogP contribution in [0.1, 0.15) is 29.9 Å². The maximum absolute atomic E-state index is 11.4. The van der Waals surface area contributed by atoms with E-state index in [-0.39, 0.29) is 23.7 Å². The molecular formula is C9H12N4O2. The lowest BCUT2D eigenvalue weighted by molar-refractivity contribution is 0.0518. The molecule has 0 atom stereocenters. The van der Waals surface area contributed by atoms with Gasteiger partial charge in [-0.05, 0) is 13.8 Å². The Bertz CT molecular complexity index is 416. The van der Waals surface area contributed by atoms with Gasteiger partial charge >= 0.3 is 5.97 Å². The fraction of sp³-hybridized carbons (Fsp3) is 0.444. The highest BCUT2D eigenvalue weighted by Gasteiger charge is 2.21. The van der Waals surface area contributed by atoms with E-state index in [4.69, 9.17) is 15.7 Å². The third-order valence-corrected chi connectivity index (χ3v) is 1.87. The van der Waals surface area contributed by atoms with E-state index >= 15 is 0 Å². The molecule has 1 aromatic heterocycles. The zero-order valence-electron chi connectivity index (χ0n) is 8.65. The molecule has 6 nitrogen and oxygen atoms in total. The fourth-order valence-corrected chi connectivity index (χ4v) is 1.17. The van der Waals surface area contributed by atoms with Gasteiger partial charge in [-0.15, -0.1) is 0 Å². The van der Waals surface area contributed by atoms with E-state index in [1.54, 1.807) is 6.92 Å². The number of aromatic nitrogens is 2. The maximum Gasteiger partial charge on any atom is 0.360 e. The van der Waals surface area contributed by atoms with Gasteiger partial charge in [0, 0.05) is 6.54 Å². The van der Waals surface area contributed by atoms with E-state index < -0.39 is 5.97 Å². The second kappa shape index (κ2) is 4.46. The Morgan fingerprint density at radius 3 is 2.80 bits per heavy atom. The molecule has 2 N–H and O–H groups in total. The van der Waals surface area contributed by atoms with Crippen molar-refractivity contribution in [2.45, 2.75) is 20.4 Å². The van der Waals surface area contributed by atoms with Crippen LogP contribution in [0.2, 0.25) is 0 Å². The van der Waals surface area contributed by atoms with E-state index in [1.165, 1.54) is 4.68 Å². The van der Waals surface area contributed by atoms with Gasteiger partial charge in [-0.1, -0.05) is 0 Å². The van der Waals surface area contributed by atoms with E-state index in [1.807, 2.05) is 13.0 Å². The molecular weight excluding hydrogens is 196 g/mol. The predicted molar refractivity (Wildman–Crippen MR) is 53.0 cm³/mol. The lowest BCUT2D eigenvalue weighted by atomic mass is 10.2. The maximum atomic E-state index is 11.4. The third kappa shape index (κ3) is 1.91. The number of rotatable bonds is 3. The summed E-state index contributed by atoms with van der Waals surface area (Å²) in [6.07, 6.45) is 0. The topological polar surface area (TPSA) is 93.9 Å². The number of esters is 1. The summed E-state index contributed by atoms with van der Waals surface area (Å²) >= 11 is 0. The van der Waals surface area contributed by atoms with Gasteiger partial charge in [0.15, 0.2) is 5.69 Å². The second-order valence-electron chi connectivity index (χ2n) is 2.76. The van der Waals surface area contributed by atoms with Crippen LogP contribution >= 0.6 is 0 Å². The number of aryl methyl sites for hydroxylation is 1. The number of carbonyl (C=O) groups excluding carboxylic acids is 1. The standard InChI is InChI=1S/C9H12N4O2/c1-3-13-8(11)6(5-10)7(12-13)9(14)15-4-2/h3-4,11H2,1-2H3. The lowest BCUT2D eigenvalue weighted by Crippen LogP contribution is -2.08. The van der Waals surface area contributed by atoms with Gasteiger partial charge in [0.1, 0.15) is 17.5 Å². The molecule has 0 aliphatic carbocycles. The monoisotopic (exact) mass is 208 g/mol. The summed E-state index contributed by atoms with van der Waals surface area (Å²) in [5, 5.41) is 12.7. The minimum Gasteiger partial charge on any atom is -0.461 e. The molecule has 0 saturated heterocycles. The molecule has 15 heavy (non-hydrogen) atoms. The third-order valence-electron chi connectivity index (χ3n) is 1.87. The number of hydrogen-bond acceptors (Lipinski definition) is 5. The van der Waals surface area contributed by atoms with Gasteiger partial charge in [-0.2, -0.15) is 10.4 Å². The summed E-state index contributed by atoms with van der Waals surface area (Å²) in [6.45, 7) is 4.24. The van der Waals surface area contributed by atoms with Crippen molar-refractivity contribution in [1.29, 1.82) is 5.26 Å². The van der Waals surface area contributed by atoms with Crippen LogP contribution in [0.15, 0.2) is 0 Å². The fourth-order valence-electron chi connectivity index (χ4n) is 1.17. The van der Waals surface area contributed by atoms with Gasteiger partial charge in [0.2, 0.25) is 0 Å². The van der Waals surface area contributed by atoms with Gasteiger partial charge in [-0.25, -0.2) is 9.48 Å². The Balaban J connectivity index is 3.19. The van der Waals surface area contributed by atoms with Crippen molar-refractivity contribution >= 4 is 11.8 Å². The van der Waals surface area contributed by atoms with Crippen molar-refractivity contribution in [1.82, 2.24) is 9.78 Å². The van der Waals surface area contributed by atoms with Crippen molar-refractivity contribution in [3.63, 3.8) is 0 Å². The highest BCUT2D eigenvalue weighted by atomic mass is 16.5. The average molecular weight is 208 g/mol. The number of anilines is 1. The van der Waals surface area contributed by atoms with Crippen LogP contribution in [0.25, 0.3) is 0 Å². The van der Waals surface area contributed by atoms with Crippen molar-refractivity contribution in [2.24, 2.45) is 0 Å². The number of nitrogen functional groups attached to an aromatic ring is 1. The molecule has 0 saturated carbocycles. The van der Waals surface area contributed by atoms with Crippen molar-refractivity contribution in [3.8, 4) is 6.07 Å². The summed E-state index contributed by atoms with van der Waals surface area (Å²) in [6, 6.07) is 1.85. The highest BCUT2D eigenvalue weighted by Crippen LogP contribution is 2.16. The molecule has 0 amide bonds. The first-order valence-electron chi connectivity index (χ1n) is 4.59. The van der Waals surface area contributed by atoms with Gasteiger partial charge in [-0.3, -0.25) is 0 Å². The van der Waals surface area contributed by atoms with Crippen LogP contribution in [0.5, 0.6) is 0 Å². The molecule has 0 aliphatic rings. The first-order chi connectivity index (χ1) is 7.15. The lowest BCUT2D eigenvalue weighted by Gasteiger charge is -1.97. The number of nitrogens with two attached hydrogens (primary N) is 1. The number of hydrogen-bond donors (Lipinski definition) is 1. The zero-order valence-corrected chi connectivity index (χ0v) is 8.65. The Morgan fingerprint density at radius 1 is 1.67 bits per heavy atom. The van der Waals surface area contributed by atoms with E-state index in [9.17, 15) is 4.79 Å². The SMILES string of the molecule is CCOC(=O)c1nn(CC)c(N)c1C#N. The van der Waals surface area contributed by atoms with Crippen LogP contribution < -0.4 is 5.73 Å². The molecule has 80 valence electrons. The zero-order chi connectivity index (χ0) is 11.4. The normalized spacial score (nSPS) is 9.67. The van der Waals surface area contributed by atoms with Gasteiger partial charge in [0.25, 0.3) is 0 Å². The molecule has 0 bridgehead atoms. The molecule has 6 heteroatoms. The highest BCUT2D eigenvalue weighted by molar-refractivity contribution is 5.91. The van der Waals surface area contributed by atoms with Crippen LogP contribution in [-0.2, 0) is 11.3 Å². The number of carbonyl (C=O) groups is 1. The largest absolute Gasteiger partial charge is 0.461 e. The van der Waals surface area contributed by atoms with Crippen molar-refractivity contribution in [3.05, 3.63) is 11.3 Å². The quantitative estimate of drug-likeness (QED) is 0.731. The molecule has 1 heterocycles. The first-order valence-corrected chi connectivity index (χ1v) is 4.59. The van der Waals surface area contributed by atoms with Crippen LogP contribution in [0.3, 0.4) is 0 Å². The Labute approximate surface area is 87.2 Å². The predicted octanol–water partition coefficient (Wildman–Crippen LogP) is 0.534. The van der Waals surface area contributed by atoms with Crippen molar-refractivity contribution in [2.75, 3.05) is 12.3 Å². The average Bonchev–Trinajstić information content (AvgIpc) is 2.55. The molecule has 0 unspecified atom stereocenters. The van der Waals surface area contributed by atoms with Gasteiger partial charge in [0.05, 0.1) is 6.61 Å². The summed E-state index contributed by atoms with van der Waals surface area (Å²) in [5.41, 5.74) is 5.69. The Kier molecular flexibility index (Phi) is 3.29. The Morgan fingerprint density at radius 2 is 2.33 bits per heavy atom. The van der Waals surface area contributed by atoms with E-state index in [2.05, 4.69) is 5.10 Å². The van der Waals surface area contributed by atoms with Crippen LogP contribution in [0.4, 0.5) is 5.82 Å². The van der Waals surface area contributed by atoms with Crippen molar-refractivity contribution < 1.29 is 9.53 Å². The second-order valence-corrected chi connectivity index (χ2v) is 2.76.